The Hall–Kier alpha value is -4.56. The molecule has 3 aromatic rings. The van der Waals surface area contributed by atoms with Gasteiger partial charge in [-0.05, 0) is 12.5 Å². The number of aromatic nitrogens is 4. The number of carbonyl (C=O) groups is 4. The lowest BCUT2D eigenvalue weighted by molar-refractivity contribution is -0.142. The van der Waals surface area contributed by atoms with E-state index in [1.54, 1.807) is 30.3 Å². The number of nitrogens with two attached hydrogens (primary N) is 1. The molecule has 2 aromatic heterocycles. The van der Waals surface area contributed by atoms with Crippen LogP contribution in [-0.4, -0.2) is 84.1 Å². The van der Waals surface area contributed by atoms with Crippen molar-refractivity contribution in [1.82, 2.24) is 35.9 Å². The van der Waals surface area contributed by atoms with Gasteiger partial charge in [-0.25, -0.2) is 14.8 Å². The number of hydrogen-bond donors (Lipinski definition) is 8. The first-order valence-corrected chi connectivity index (χ1v) is 12.2. The number of nitrogens with zero attached hydrogens (tertiary/aromatic N) is 2. The molecule has 0 saturated carbocycles. The lowest BCUT2D eigenvalue weighted by Gasteiger charge is -2.26. The maximum absolute atomic E-state index is 13.2. The molecule has 0 aliphatic heterocycles. The van der Waals surface area contributed by atoms with E-state index in [4.69, 9.17) is 5.73 Å². The number of hydrogen-bond acceptors (Lipinski definition) is 8. The third-order valence-corrected chi connectivity index (χ3v) is 5.90. The van der Waals surface area contributed by atoms with Crippen LogP contribution in [0.25, 0.3) is 0 Å². The molecule has 0 fully saturated rings. The summed E-state index contributed by atoms with van der Waals surface area (Å²) in [6, 6.07) is 3.75. The molecule has 208 valence electrons. The molecule has 0 aliphatic carbocycles. The fourth-order valence-corrected chi connectivity index (χ4v) is 3.80. The summed E-state index contributed by atoms with van der Waals surface area (Å²) in [7, 11) is 0. The number of carboxylic acid groups (broad SMARTS) is 1. The first-order valence-electron chi connectivity index (χ1n) is 12.2. The highest BCUT2D eigenvalue weighted by Crippen LogP contribution is 2.07. The van der Waals surface area contributed by atoms with Crippen molar-refractivity contribution < 1.29 is 29.4 Å². The van der Waals surface area contributed by atoms with Crippen molar-refractivity contribution >= 4 is 23.7 Å². The summed E-state index contributed by atoms with van der Waals surface area (Å²) in [5, 5.41) is 27.3. The van der Waals surface area contributed by atoms with Crippen LogP contribution in [0.3, 0.4) is 0 Å². The fourth-order valence-electron chi connectivity index (χ4n) is 3.80. The first-order chi connectivity index (χ1) is 18.6. The molecule has 3 amide bonds. The summed E-state index contributed by atoms with van der Waals surface area (Å²) in [5.41, 5.74) is 7.73. The molecular formula is C25H32N8O6. The molecule has 14 heteroatoms. The average Bonchev–Trinajstić information content (AvgIpc) is 3.61. The van der Waals surface area contributed by atoms with Crippen molar-refractivity contribution in [2.45, 2.75) is 56.5 Å². The van der Waals surface area contributed by atoms with Crippen molar-refractivity contribution in [1.29, 1.82) is 0 Å². The molecule has 1 aromatic carbocycles. The largest absolute Gasteiger partial charge is 0.480 e. The van der Waals surface area contributed by atoms with Gasteiger partial charge in [0.25, 0.3) is 0 Å². The van der Waals surface area contributed by atoms with Crippen LogP contribution in [0.15, 0.2) is 55.4 Å². The maximum atomic E-state index is 13.2. The number of aliphatic carboxylic acids is 1. The van der Waals surface area contributed by atoms with Crippen LogP contribution in [0, 0.1) is 0 Å². The number of carbonyl (C=O) groups excluding carboxylic acids is 3. The quantitative estimate of drug-likeness (QED) is 0.118. The number of carboxylic acids is 1. The van der Waals surface area contributed by atoms with Crippen LogP contribution in [0.4, 0.5) is 0 Å². The van der Waals surface area contributed by atoms with Gasteiger partial charge in [-0.3, -0.25) is 14.4 Å². The second-order valence-electron chi connectivity index (χ2n) is 9.05. The Labute approximate surface area is 223 Å². The van der Waals surface area contributed by atoms with Crippen LogP contribution >= 0.6 is 0 Å². The molecule has 39 heavy (non-hydrogen) atoms. The number of aliphatic hydroxyl groups is 1. The molecule has 9 N–H and O–H groups in total. The molecular weight excluding hydrogens is 508 g/mol. The summed E-state index contributed by atoms with van der Waals surface area (Å²) >= 11 is 0. The van der Waals surface area contributed by atoms with Gasteiger partial charge in [0.1, 0.15) is 18.1 Å². The molecule has 3 rings (SSSR count). The minimum absolute atomic E-state index is 0.0210. The van der Waals surface area contributed by atoms with Gasteiger partial charge in [-0.15, -0.1) is 0 Å². The molecule has 0 radical (unpaired) electrons. The van der Waals surface area contributed by atoms with Crippen LogP contribution in [-0.2, 0) is 38.4 Å². The molecule has 0 aliphatic rings. The topological polar surface area (TPSA) is 228 Å². The van der Waals surface area contributed by atoms with Crippen molar-refractivity contribution in [2.24, 2.45) is 5.73 Å². The van der Waals surface area contributed by atoms with Gasteiger partial charge in [0.15, 0.2) is 0 Å². The first kappa shape index (κ1) is 29.0. The summed E-state index contributed by atoms with van der Waals surface area (Å²) in [6.07, 6.45) is 4.52. The highest BCUT2D eigenvalue weighted by Gasteiger charge is 2.33. The monoisotopic (exact) mass is 540 g/mol. The lowest BCUT2D eigenvalue weighted by atomic mass is 10.0. The number of aromatic amines is 2. The lowest BCUT2D eigenvalue weighted by Crippen LogP contribution is -2.60. The Balaban J connectivity index is 1.71. The van der Waals surface area contributed by atoms with Gasteiger partial charge in [-0.2, -0.15) is 0 Å². The van der Waals surface area contributed by atoms with Crippen molar-refractivity contribution in [3.63, 3.8) is 0 Å². The SMILES string of the molecule is CC(O)C(NC(=O)C(N)Cc1cnc[nH]1)C(=O)NC(Cc1cnc[nH]1)C(=O)NC(Cc1ccccc1)C(=O)O. The number of nitrogens with one attached hydrogen (secondary N) is 5. The highest BCUT2D eigenvalue weighted by atomic mass is 16.4. The van der Waals surface area contributed by atoms with Crippen molar-refractivity contribution in [3.05, 3.63) is 72.3 Å². The number of H-pyrrole nitrogens is 2. The zero-order valence-corrected chi connectivity index (χ0v) is 21.2. The van der Waals surface area contributed by atoms with Crippen LogP contribution in [0.2, 0.25) is 0 Å². The van der Waals surface area contributed by atoms with E-state index in [1.807, 2.05) is 0 Å². The zero-order chi connectivity index (χ0) is 28.4. The van der Waals surface area contributed by atoms with E-state index >= 15 is 0 Å². The van der Waals surface area contributed by atoms with Gasteiger partial charge in [0, 0.05) is 43.0 Å². The molecule has 14 nitrogen and oxygen atoms in total. The molecule has 0 bridgehead atoms. The third-order valence-electron chi connectivity index (χ3n) is 5.90. The van der Waals surface area contributed by atoms with Crippen LogP contribution in [0.1, 0.15) is 23.9 Å². The van der Waals surface area contributed by atoms with E-state index in [1.165, 1.54) is 32.0 Å². The summed E-state index contributed by atoms with van der Waals surface area (Å²) in [5.74, 6) is -3.58. The van der Waals surface area contributed by atoms with Crippen LogP contribution < -0.4 is 21.7 Å². The Morgan fingerprint density at radius 2 is 1.44 bits per heavy atom. The summed E-state index contributed by atoms with van der Waals surface area (Å²) in [4.78, 5) is 64.3. The molecule has 2 heterocycles. The predicted molar refractivity (Wildman–Crippen MR) is 138 cm³/mol. The zero-order valence-electron chi connectivity index (χ0n) is 21.2. The van der Waals surface area contributed by atoms with Gasteiger partial charge < -0.3 is 41.9 Å². The van der Waals surface area contributed by atoms with Gasteiger partial charge in [0.2, 0.25) is 17.7 Å². The number of amides is 3. The molecule has 5 unspecified atom stereocenters. The van der Waals surface area contributed by atoms with E-state index in [0.717, 1.165) is 0 Å². The molecule has 0 spiro atoms. The number of rotatable bonds is 14. The Morgan fingerprint density at radius 1 is 0.846 bits per heavy atom. The van der Waals surface area contributed by atoms with E-state index in [2.05, 4.69) is 35.9 Å². The van der Waals surface area contributed by atoms with Crippen molar-refractivity contribution in [2.75, 3.05) is 0 Å². The average molecular weight is 541 g/mol. The Bertz CT molecular complexity index is 1220. The molecule has 5 atom stereocenters. The Kier molecular flexibility index (Phi) is 10.3. The standard InChI is InChI=1S/C25H32N8O6/c1-14(34)21(33-22(35)18(26)8-16-10-27-12-29-16)24(37)31-19(9-17-11-28-13-30-17)23(36)32-20(25(38)39)7-15-5-3-2-4-6-15/h2-6,10-14,18-21,34H,7-9,26H2,1H3,(H,27,29)(H,28,30)(H,31,37)(H,32,36)(H,33,35)(H,38,39). The number of imidazole rings is 2. The minimum Gasteiger partial charge on any atom is -0.480 e. The van der Waals surface area contributed by atoms with E-state index in [0.29, 0.717) is 17.0 Å². The second-order valence-corrected chi connectivity index (χ2v) is 9.05. The van der Waals surface area contributed by atoms with E-state index in [-0.39, 0.29) is 19.3 Å². The van der Waals surface area contributed by atoms with Crippen LogP contribution in [0.5, 0.6) is 0 Å². The van der Waals surface area contributed by atoms with Crippen molar-refractivity contribution in [3.8, 4) is 0 Å². The van der Waals surface area contributed by atoms with E-state index < -0.39 is 54.0 Å². The summed E-state index contributed by atoms with van der Waals surface area (Å²) < 4.78 is 0. The van der Waals surface area contributed by atoms with Gasteiger partial charge in [0.05, 0.1) is 24.8 Å². The summed E-state index contributed by atoms with van der Waals surface area (Å²) in [6.45, 7) is 1.30. The van der Waals surface area contributed by atoms with E-state index in [9.17, 15) is 29.4 Å². The third kappa shape index (κ3) is 8.76. The number of benzene rings is 1. The normalized spacial score (nSPS) is 14.8. The van der Waals surface area contributed by atoms with Gasteiger partial charge >= 0.3 is 5.97 Å². The predicted octanol–water partition coefficient (Wildman–Crippen LogP) is -1.59. The fraction of sp³-hybridized carbons (Fsp3) is 0.360. The molecule has 0 saturated heterocycles. The Morgan fingerprint density at radius 3 is 1.97 bits per heavy atom. The number of aliphatic hydroxyl groups excluding tert-OH is 1. The second kappa shape index (κ2) is 13.8. The van der Waals surface area contributed by atoms with Gasteiger partial charge in [-0.1, -0.05) is 30.3 Å². The smallest absolute Gasteiger partial charge is 0.326 e. The maximum Gasteiger partial charge on any atom is 0.326 e. The minimum atomic E-state index is -1.44. The highest BCUT2D eigenvalue weighted by molar-refractivity contribution is 5.94.